The van der Waals surface area contributed by atoms with Crippen LogP contribution in [0.4, 0.5) is 0 Å². The number of nitrogens with two attached hydrogens (primary N) is 1. The molecule has 0 saturated carbocycles. The second-order valence-corrected chi connectivity index (χ2v) is 2.20. The number of aromatic nitrogens is 2. The van der Waals surface area contributed by atoms with Gasteiger partial charge in [-0.1, -0.05) is 0 Å². The van der Waals surface area contributed by atoms with Gasteiger partial charge in [0.2, 0.25) is 0 Å². The van der Waals surface area contributed by atoms with E-state index in [9.17, 15) is 4.79 Å². The Hall–Kier alpha value is -1.07. The largest absolute Gasteiger partial charge is 0.481 e. The summed E-state index contributed by atoms with van der Waals surface area (Å²) in [6.45, 7) is 0. The first-order valence-corrected chi connectivity index (χ1v) is 3.16. The highest BCUT2D eigenvalue weighted by Gasteiger charge is 2.11. The fraction of sp³-hybridized carbons (Fsp3) is 0.333. The Morgan fingerprint density at radius 3 is 2.92 bits per heavy atom. The lowest BCUT2D eigenvalue weighted by molar-refractivity contribution is -0.137. The maximum Gasteiger partial charge on any atom is 0.305 e. The number of hydrogen-bond acceptors (Lipinski definition) is 3. The molecule has 0 saturated heterocycles. The zero-order valence-electron chi connectivity index (χ0n) is 6.23. The van der Waals surface area contributed by atoms with Gasteiger partial charge in [-0.25, -0.2) is 4.98 Å². The minimum absolute atomic E-state index is 0. The summed E-state index contributed by atoms with van der Waals surface area (Å²) in [5.41, 5.74) is 6.05. The molecule has 1 atom stereocenters. The molecule has 0 aliphatic rings. The lowest BCUT2D eigenvalue weighted by Crippen LogP contribution is -2.15. The quantitative estimate of drug-likeness (QED) is 0.641. The van der Waals surface area contributed by atoms with Crippen LogP contribution in [-0.4, -0.2) is 21.0 Å². The number of rotatable bonds is 3. The van der Waals surface area contributed by atoms with Gasteiger partial charge in [-0.3, -0.25) is 4.79 Å². The van der Waals surface area contributed by atoms with E-state index >= 15 is 0 Å². The minimum atomic E-state index is -0.916. The van der Waals surface area contributed by atoms with Crippen molar-refractivity contribution in [3.8, 4) is 0 Å². The van der Waals surface area contributed by atoms with Crippen molar-refractivity contribution < 1.29 is 9.90 Å². The van der Waals surface area contributed by atoms with E-state index in [1.54, 1.807) is 6.20 Å². The van der Waals surface area contributed by atoms with Crippen molar-refractivity contribution in [2.45, 2.75) is 12.5 Å². The van der Waals surface area contributed by atoms with Crippen LogP contribution in [0.25, 0.3) is 0 Å². The molecule has 0 spiro atoms. The van der Waals surface area contributed by atoms with Gasteiger partial charge < -0.3 is 15.8 Å². The van der Waals surface area contributed by atoms with Crippen molar-refractivity contribution >= 4 is 18.4 Å². The molecule has 1 heterocycles. The van der Waals surface area contributed by atoms with Crippen LogP contribution in [0.15, 0.2) is 12.5 Å². The summed E-state index contributed by atoms with van der Waals surface area (Å²) in [5.74, 6) is -0.916. The normalized spacial score (nSPS) is 11.8. The van der Waals surface area contributed by atoms with E-state index in [4.69, 9.17) is 10.8 Å². The fourth-order valence-electron chi connectivity index (χ4n) is 0.767. The molecule has 1 aromatic rings. The number of carboxylic acid groups (broad SMARTS) is 1. The van der Waals surface area contributed by atoms with Gasteiger partial charge in [-0.15, -0.1) is 12.4 Å². The maximum atomic E-state index is 10.2. The third kappa shape index (κ3) is 2.89. The van der Waals surface area contributed by atoms with E-state index in [1.807, 2.05) is 0 Å². The van der Waals surface area contributed by atoms with Gasteiger partial charge in [0.25, 0.3) is 0 Å². The first kappa shape index (κ1) is 10.9. The molecule has 1 rings (SSSR count). The number of H-pyrrole nitrogens is 1. The molecule has 0 fully saturated rings. The summed E-state index contributed by atoms with van der Waals surface area (Å²) in [7, 11) is 0. The van der Waals surface area contributed by atoms with Gasteiger partial charge >= 0.3 is 5.97 Å². The third-order valence-corrected chi connectivity index (χ3v) is 1.29. The smallest absolute Gasteiger partial charge is 0.305 e. The van der Waals surface area contributed by atoms with Crippen LogP contribution in [0.5, 0.6) is 0 Å². The van der Waals surface area contributed by atoms with Crippen LogP contribution in [0.2, 0.25) is 0 Å². The number of carboxylic acids is 1. The van der Waals surface area contributed by atoms with Crippen molar-refractivity contribution in [3.63, 3.8) is 0 Å². The zero-order chi connectivity index (χ0) is 8.27. The Labute approximate surface area is 75.4 Å². The molecule has 0 aromatic carbocycles. The van der Waals surface area contributed by atoms with E-state index in [-0.39, 0.29) is 18.8 Å². The molecule has 0 amide bonds. The van der Waals surface area contributed by atoms with E-state index in [0.29, 0.717) is 5.69 Å². The Morgan fingerprint density at radius 2 is 2.50 bits per heavy atom. The average molecular weight is 192 g/mol. The molecular weight excluding hydrogens is 182 g/mol. The summed E-state index contributed by atoms with van der Waals surface area (Å²) in [6.07, 6.45) is 2.97. The van der Waals surface area contributed by atoms with Crippen LogP contribution in [0.1, 0.15) is 18.2 Å². The zero-order valence-corrected chi connectivity index (χ0v) is 7.04. The van der Waals surface area contributed by atoms with Gasteiger partial charge in [-0.2, -0.15) is 0 Å². The summed E-state index contributed by atoms with van der Waals surface area (Å²) in [6, 6.07) is -0.515. The maximum absolute atomic E-state index is 10.2. The highest BCUT2D eigenvalue weighted by Crippen LogP contribution is 2.08. The SMILES string of the molecule is Cl.N[C@@H](CC(=O)O)c1c[nH]cn1. The number of carbonyl (C=O) groups is 1. The summed E-state index contributed by atoms with van der Waals surface area (Å²) < 4.78 is 0. The Balaban J connectivity index is 0.00000121. The second kappa shape index (κ2) is 4.74. The Kier molecular flexibility index (Phi) is 4.31. The summed E-state index contributed by atoms with van der Waals surface area (Å²) >= 11 is 0. The Morgan fingerprint density at radius 1 is 1.83 bits per heavy atom. The summed E-state index contributed by atoms with van der Waals surface area (Å²) in [5, 5.41) is 8.36. The number of aromatic amines is 1. The Bertz CT molecular complexity index is 237. The van der Waals surface area contributed by atoms with Crippen LogP contribution in [-0.2, 0) is 4.79 Å². The third-order valence-electron chi connectivity index (χ3n) is 1.29. The minimum Gasteiger partial charge on any atom is -0.481 e. The van der Waals surface area contributed by atoms with E-state index in [1.165, 1.54) is 6.33 Å². The van der Waals surface area contributed by atoms with Crippen molar-refractivity contribution in [2.24, 2.45) is 5.73 Å². The molecule has 5 nitrogen and oxygen atoms in total. The van der Waals surface area contributed by atoms with Crippen LogP contribution in [0, 0.1) is 0 Å². The van der Waals surface area contributed by atoms with Crippen LogP contribution in [0.3, 0.4) is 0 Å². The van der Waals surface area contributed by atoms with Gasteiger partial charge in [0, 0.05) is 6.20 Å². The van der Waals surface area contributed by atoms with Crippen LogP contribution < -0.4 is 5.73 Å². The molecule has 0 aliphatic heterocycles. The average Bonchev–Trinajstić information content (AvgIpc) is 2.35. The molecule has 12 heavy (non-hydrogen) atoms. The molecule has 0 bridgehead atoms. The van der Waals surface area contributed by atoms with E-state index in [2.05, 4.69) is 9.97 Å². The van der Waals surface area contributed by atoms with Crippen molar-refractivity contribution in [1.82, 2.24) is 9.97 Å². The highest BCUT2D eigenvalue weighted by atomic mass is 35.5. The number of halogens is 1. The molecule has 4 N–H and O–H groups in total. The first-order valence-electron chi connectivity index (χ1n) is 3.16. The van der Waals surface area contributed by atoms with Gasteiger partial charge in [0.1, 0.15) is 0 Å². The van der Waals surface area contributed by atoms with Crippen LogP contribution >= 0.6 is 12.4 Å². The fourth-order valence-corrected chi connectivity index (χ4v) is 0.767. The van der Waals surface area contributed by atoms with Gasteiger partial charge in [0.05, 0.1) is 24.5 Å². The number of nitrogens with zero attached hydrogens (tertiary/aromatic N) is 1. The number of hydrogen-bond donors (Lipinski definition) is 3. The molecule has 0 unspecified atom stereocenters. The van der Waals surface area contributed by atoms with E-state index < -0.39 is 12.0 Å². The van der Waals surface area contributed by atoms with E-state index in [0.717, 1.165) is 0 Å². The lowest BCUT2D eigenvalue weighted by Gasteiger charge is -2.02. The monoisotopic (exact) mass is 191 g/mol. The summed E-state index contributed by atoms with van der Waals surface area (Å²) in [4.78, 5) is 16.7. The predicted octanol–water partition coefficient (Wildman–Crippen LogP) is 0.306. The molecule has 1 aromatic heterocycles. The molecule has 0 radical (unpaired) electrons. The number of imidazole rings is 1. The molecule has 6 heteroatoms. The highest BCUT2D eigenvalue weighted by molar-refractivity contribution is 5.85. The predicted molar refractivity (Wildman–Crippen MR) is 45.0 cm³/mol. The lowest BCUT2D eigenvalue weighted by atomic mass is 10.2. The first-order chi connectivity index (χ1) is 5.20. The van der Waals surface area contributed by atoms with Crippen molar-refractivity contribution in [1.29, 1.82) is 0 Å². The van der Waals surface area contributed by atoms with Crippen molar-refractivity contribution in [3.05, 3.63) is 18.2 Å². The molecular formula is C6H10ClN3O2. The van der Waals surface area contributed by atoms with Gasteiger partial charge in [0.15, 0.2) is 0 Å². The number of nitrogens with one attached hydrogen (secondary N) is 1. The van der Waals surface area contributed by atoms with Gasteiger partial charge in [-0.05, 0) is 0 Å². The standard InChI is InChI=1S/C6H9N3O2.ClH/c7-4(1-6(10)11)5-2-8-3-9-5;/h2-4H,1,7H2,(H,8,9)(H,10,11);1H/t4-;/m0./s1. The molecule has 0 aliphatic carbocycles. The second-order valence-electron chi connectivity index (χ2n) is 2.20. The molecule has 68 valence electrons. The van der Waals surface area contributed by atoms with Crippen molar-refractivity contribution in [2.75, 3.05) is 0 Å². The number of aliphatic carboxylic acids is 1. The topological polar surface area (TPSA) is 92.0 Å².